The molecule has 0 aromatic carbocycles. The lowest BCUT2D eigenvalue weighted by Crippen LogP contribution is -2.22. The number of aryl methyl sites for hydroxylation is 1. The molecule has 10 nitrogen and oxygen atoms in total. The summed E-state index contributed by atoms with van der Waals surface area (Å²) in [4.78, 5) is 36.9. The number of nitrogens with one attached hydrogen (secondary N) is 3. The molecular formula is C22H25N9O. The molecule has 0 radical (unpaired) electrons. The predicted octanol–water partition coefficient (Wildman–Crippen LogP) is 3.44. The molecule has 5 aromatic heterocycles. The highest BCUT2D eigenvalue weighted by Crippen LogP contribution is 2.34. The van der Waals surface area contributed by atoms with Crippen molar-refractivity contribution >= 4 is 27.8 Å². The zero-order valence-electron chi connectivity index (χ0n) is 17.3. The van der Waals surface area contributed by atoms with Crippen LogP contribution < -0.4 is 10.9 Å². The highest BCUT2D eigenvalue weighted by atomic mass is 16.1. The number of aromatic nitrogens is 8. The fourth-order valence-electron chi connectivity index (χ4n) is 3.68. The maximum Gasteiger partial charge on any atom is 0.261 e. The van der Waals surface area contributed by atoms with E-state index in [0.717, 1.165) is 11.0 Å². The Balaban J connectivity index is 0.00000245. The van der Waals surface area contributed by atoms with Crippen LogP contribution in [0.2, 0.25) is 0 Å². The third-order valence-electron chi connectivity index (χ3n) is 5.14. The number of rotatable bonds is 5. The van der Waals surface area contributed by atoms with Crippen molar-refractivity contribution in [1.29, 1.82) is 0 Å². The summed E-state index contributed by atoms with van der Waals surface area (Å²) in [7, 11) is 1.81. The lowest BCUT2D eigenvalue weighted by Gasteiger charge is -2.23. The van der Waals surface area contributed by atoms with Gasteiger partial charge in [0.05, 0.1) is 34.5 Å². The van der Waals surface area contributed by atoms with E-state index in [1.807, 2.05) is 7.05 Å². The summed E-state index contributed by atoms with van der Waals surface area (Å²) in [5, 5.41) is 8.10. The summed E-state index contributed by atoms with van der Waals surface area (Å²) in [5.41, 5.74) is 3.43. The molecule has 0 saturated carbocycles. The van der Waals surface area contributed by atoms with E-state index >= 15 is 0 Å². The molecule has 0 spiro atoms. The summed E-state index contributed by atoms with van der Waals surface area (Å²) < 4.78 is 1.67. The maximum absolute atomic E-state index is 13.2. The minimum Gasteiger partial charge on any atom is -0.372 e. The number of imidazole rings is 1. The number of H-pyrrole nitrogens is 2. The standard InChI is InChI=1S/C21H21N9O.CH4/c1-11(2)16(20-23-6-4-7-24-20)28-18-15(19-25-12-5-8-22-9-13(12)26-19)21(31)27-14-10-30(3)29-17(14)18;/h4-11,16,28H,1-3H3,(H,25,26)(H,27,31);1H4/t16-;/m0./s1. The second kappa shape index (κ2) is 8.22. The first-order valence-corrected chi connectivity index (χ1v) is 9.94. The lowest BCUT2D eigenvalue weighted by molar-refractivity contribution is 0.521. The van der Waals surface area contributed by atoms with Crippen molar-refractivity contribution in [3.05, 3.63) is 59.3 Å². The van der Waals surface area contributed by atoms with Gasteiger partial charge < -0.3 is 15.3 Å². The lowest BCUT2D eigenvalue weighted by atomic mass is 10.0. The van der Waals surface area contributed by atoms with Gasteiger partial charge in [0.25, 0.3) is 5.56 Å². The summed E-state index contributed by atoms with van der Waals surface area (Å²) in [6.07, 6.45) is 8.54. The number of hydrogen-bond acceptors (Lipinski definition) is 7. The van der Waals surface area contributed by atoms with Crippen molar-refractivity contribution in [2.45, 2.75) is 27.3 Å². The van der Waals surface area contributed by atoms with Crippen LogP contribution in [0.15, 0.2) is 47.9 Å². The van der Waals surface area contributed by atoms with Gasteiger partial charge in [0.1, 0.15) is 16.9 Å². The molecule has 0 bridgehead atoms. The Morgan fingerprint density at radius 2 is 1.88 bits per heavy atom. The minimum absolute atomic E-state index is 0. The molecular weight excluding hydrogens is 406 g/mol. The second-order valence-electron chi connectivity index (χ2n) is 7.72. The molecule has 5 heterocycles. The van der Waals surface area contributed by atoms with Gasteiger partial charge >= 0.3 is 0 Å². The second-order valence-corrected chi connectivity index (χ2v) is 7.72. The molecule has 32 heavy (non-hydrogen) atoms. The van der Waals surface area contributed by atoms with Crippen LogP contribution in [0.25, 0.3) is 33.5 Å². The SMILES string of the molecule is C.CC(C)[C@H](Nc1c(-c2nc3ccncc3[nH]2)c(=O)[nH]c2cn(C)nc12)c1ncccn1. The average molecular weight is 432 g/mol. The van der Waals surface area contributed by atoms with E-state index in [9.17, 15) is 4.79 Å². The first kappa shape index (κ1) is 21.2. The Morgan fingerprint density at radius 3 is 2.59 bits per heavy atom. The largest absolute Gasteiger partial charge is 0.372 e. The Labute approximate surface area is 184 Å². The fourth-order valence-corrected chi connectivity index (χ4v) is 3.68. The molecule has 10 heteroatoms. The third kappa shape index (κ3) is 3.59. The van der Waals surface area contributed by atoms with Crippen molar-refractivity contribution in [2.24, 2.45) is 13.0 Å². The van der Waals surface area contributed by atoms with Crippen LogP contribution in [0.1, 0.15) is 33.1 Å². The summed E-state index contributed by atoms with van der Waals surface area (Å²) in [6, 6.07) is 3.34. The van der Waals surface area contributed by atoms with Crippen LogP contribution in [0.5, 0.6) is 0 Å². The monoisotopic (exact) mass is 431 g/mol. The van der Waals surface area contributed by atoms with Crippen molar-refractivity contribution in [3.63, 3.8) is 0 Å². The summed E-state index contributed by atoms with van der Waals surface area (Å²) in [6.45, 7) is 4.15. The van der Waals surface area contributed by atoms with Crippen LogP contribution in [0, 0.1) is 5.92 Å². The molecule has 164 valence electrons. The number of pyridine rings is 2. The zero-order chi connectivity index (χ0) is 21.5. The zero-order valence-corrected chi connectivity index (χ0v) is 17.3. The highest BCUT2D eigenvalue weighted by molar-refractivity contribution is 5.96. The van der Waals surface area contributed by atoms with Crippen LogP contribution in [0.3, 0.4) is 0 Å². The quantitative estimate of drug-likeness (QED) is 0.388. The van der Waals surface area contributed by atoms with Gasteiger partial charge in [0.2, 0.25) is 0 Å². The van der Waals surface area contributed by atoms with Crippen LogP contribution in [0.4, 0.5) is 5.69 Å². The van der Waals surface area contributed by atoms with Crippen LogP contribution in [-0.2, 0) is 7.05 Å². The van der Waals surface area contributed by atoms with Gasteiger partial charge in [-0.05, 0) is 18.1 Å². The van der Waals surface area contributed by atoms with Gasteiger partial charge in [-0.15, -0.1) is 0 Å². The number of anilines is 1. The Hall–Kier alpha value is -4.08. The molecule has 0 unspecified atom stereocenters. The van der Waals surface area contributed by atoms with Crippen LogP contribution >= 0.6 is 0 Å². The van der Waals surface area contributed by atoms with E-state index in [0.29, 0.717) is 33.9 Å². The van der Waals surface area contributed by atoms with E-state index in [4.69, 9.17) is 0 Å². The number of fused-ring (bicyclic) bond motifs is 2. The van der Waals surface area contributed by atoms with Crippen molar-refractivity contribution in [1.82, 2.24) is 39.7 Å². The summed E-state index contributed by atoms with van der Waals surface area (Å²) in [5.74, 6) is 1.23. The Bertz CT molecular complexity index is 1400. The molecule has 3 N–H and O–H groups in total. The van der Waals surface area contributed by atoms with Crippen molar-refractivity contribution in [3.8, 4) is 11.4 Å². The maximum atomic E-state index is 13.2. The fraction of sp³-hybridized carbons (Fsp3) is 0.273. The van der Waals surface area contributed by atoms with E-state index in [1.54, 1.807) is 47.8 Å². The average Bonchev–Trinajstić information content (AvgIpc) is 3.34. The smallest absolute Gasteiger partial charge is 0.261 e. The molecule has 1 atom stereocenters. The van der Waals surface area contributed by atoms with Gasteiger partial charge in [-0.1, -0.05) is 21.3 Å². The normalized spacial score (nSPS) is 12.2. The number of aromatic amines is 2. The molecule has 5 rings (SSSR count). The van der Waals surface area contributed by atoms with E-state index in [-0.39, 0.29) is 24.9 Å². The van der Waals surface area contributed by atoms with E-state index in [1.165, 1.54) is 0 Å². The Morgan fingerprint density at radius 1 is 1.09 bits per heavy atom. The molecule has 0 saturated heterocycles. The van der Waals surface area contributed by atoms with Gasteiger partial charge in [-0.3, -0.25) is 14.5 Å². The van der Waals surface area contributed by atoms with Crippen LogP contribution in [-0.4, -0.2) is 39.7 Å². The van der Waals surface area contributed by atoms with E-state index in [2.05, 4.69) is 54.2 Å². The van der Waals surface area contributed by atoms with Gasteiger partial charge in [0, 0.05) is 31.8 Å². The first-order chi connectivity index (χ1) is 15.0. The topological polar surface area (TPSA) is 130 Å². The molecule has 0 fully saturated rings. The highest BCUT2D eigenvalue weighted by Gasteiger charge is 2.25. The summed E-state index contributed by atoms with van der Waals surface area (Å²) >= 11 is 0. The van der Waals surface area contributed by atoms with Gasteiger partial charge in [0.15, 0.2) is 5.82 Å². The Kier molecular flexibility index (Phi) is 5.43. The van der Waals surface area contributed by atoms with Crippen molar-refractivity contribution in [2.75, 3.05) is 5.32 Å². The third-order valence-corrected chi connectivity index (χ3v) is 5.14. The van der Waals surface area contributed by atoms with Crippen molar-refractivity contribution < 1.29 is 0 Å². The molecule has 0 aliphatic carbocycles. The van der Waals surface area contributed by atoms with Gasteiger partial charge in [-0.2, -0.15) is 5.10 Å². The number of nitrogens with zero attached hydrogens (tertiary/aromatic N) is 6. The predicted molar refractivity (Wildman–Crippen MR) is 124 cm³/mol. The molecule has 0 aliphatic rings. The molecule has 0 amide bonds. The van der Waals surface area contributed by atoms with E-state index < -0.39 is 0 Å². The first-order valence-electron chi connectivity index (χ1n) is 9.94. The minimum atomic E-state index is -0.272. The number of hydrogen-bond donors (Lipinski definition) is 3. The molecule has 5 aromatic rings. The molecule has 0 aliphatic heterocycles. The van der Waals surface area contributed by atoms with Gasteiger partial charge in [-0.25, -0.2) is 15.0 Å².